The fraction of sp³-hybridized carbons (Fsp3) is 0.207. The Kier molecular flexibility index (Phi) is 7.47. The van der Waals surface area contributed by atoms with Gasteiger partial charge in [-0.1, -0.05) is 36.0 Å². The third-order valence-corrected chi connectivity index (χ3v) is 8.40. The van der Waals surface area contributed by atoms with Crippen molar-refractivity contribution in [1.29, 1.82) is 0 Å². The van der Waals surface area contributed by atoms with Gasteiger partial charge in [-0.15, -0.1) is 21.5 Å². The summed E-state index contributed by atoms with van der Waals surface area (Å²) >= 11 is 2.73. The quantitative estimate of drug-likeness (QED) is 0.155. The zero-order valence-electron chi connectivity index (χ0n) is 21.5. The van der Waals surface area contributed by atoms with Gasteiger partial charge < -0.3 is 18.9 Å². The Balaban J connectivity index is 1.18. The average Bonchev–Trinajstić information content (AvgIpc) is 3.75. The van der Waals surface area contributed by atoms with Gasteiger partial charge in [0.25, 0.3) is 0 Å². The van der Waals surface area contributed by atoms with E-state index in [9.17, 15) is 9.59 Å². The normalized spacial score (nSPS) is 12.0. The minimum Gasteiger partial charge on any atom is -0.463 e. The number of thiophene rings is 1. The van der Waals surface area contributed by atoms with Crippen molar-refractivity contribution in [3.63, 3.8) is 0 Å². The predicted molar refractivity (Wildman–Crippen MR) is 152 cm³/mol. The van der Waals surface area contributed by atoms with Crippen LogP contribution in [-0.4, -0.2) is 39.4 Å². The van der Waals surface area contributed by atoms with Crippen LogP contribution in [0.1, 0.15) is 34.8 Å². The number of aromatic nitrogens is 3. The number of rotatable bonds is 9. The highest BCUT2D eigenvalue weighted by atomic mass is 32.2. The number of carbonyl (C=O) groups is 2. The van der Waals surface area contributed by atoms with E-state index in [-0.39, 0.29) is 18.9 Å². The molecule has 1 aromatic carbocycles. The Labute approximate surface area is 238 Å². The number of nitrogens with zero attached hydrogens (tertiary/aromatic N) is 3. The van der Waals surface area contributed by atoms with Crippen molar-refractivity contribution in [2.75, 3.05) is 17.7 Å². The number of benzene rings is 1. The number of hydrogen-bond donors (Lipinski definition) is 1. The Morgan fingerprint density at radius 3 is 2.52 bits per heavy atom. The molecule has 0 radical (unpaired) electrons. The van der Waals surface area contributed by atoms with Gasteiger partial charge in [-0.2, -0.15) is 0 Å². The summed E-state index contributed by atoms with van der Waals surface area (Å²) in [4.78, 5) is 31.6. The van der Waals surface area contributed by atoms with Crippen LogP contribution < -0.4 is 5.32 Å². The fourth-order valence-electron chi connectivity index (χ4n) is 4.61. The van der Waals surface area contributed by atoms with E-state index in [1.807, 2.05) is 12.1 Å². The lowest BCUT2D eigenvalue weighted by Gasteiger charge is -2.16. The molecule has 0 saturated heterocycles. The summed E-state index contributed by atoms with van der Waals surface area (Å²) in [6, 6.07) is 15.3. The fourth-order valence-corrected chi connectivity index (χ4v) is 6.65. The van der Waals surface area contributed by atoms with Gasteiger partial charge >= 0.3 is 5.97 Å². The van der Waals surface area contributed by atoms with E-state index in [1.54, 1.807) is 43.7 Å². The molecule has 5 aromatic rings. The third kappa shape index (κ3) is 5.17. The van der Waals surface area contributed by atoms with Gasteiger partial charge in [-0.05, 0) is 60.7 Å². The third-order valence-electron chi connectivity index (χ3n) is 6.38. The topological polar surface area (TPSA) is 120 Å². The van der Waals surface area contributed by atoms with Crippen LogP contribution in [0.25, 0.3) is 33.3 Å². The Morgan fingerprint density at radius 2 is 1.77 bits per heavy atom. The van der Waals surface area contributed by atoms with Crippen molar-refractivity contribution < 1.29 is 23.2 Å². The SMILES string of the molecule is CCOC(=O)c1c(NC(=O)CCSc2nnc(-c3ccco3)c(-c3ccco3)n2)sc2c1CCc1ccccc1-2. The monoisotopic (exact) mass is 572 g/mol. The van der Waals surface area contributed by atoms with Crippen molar-refractivity contribution in [3.8, 4) is 33.3 Å². The summed E-state index contributed by atoms with van der Waals surface area (Å²) in [5.74, 6) is 0.854. The summed E-state index contributed by atoms with van der Waals surface area (Å²) < 4.78 is 16.4. The van der Waals surface area contributed by atoms with Gasteiger partial charge in [-0.3, -0.25) is 4.79 Å². The number of ether oxygens (including phenoxy) is 1. The molecule has 202 valence electrons. The first-order valence-corrected chi connectivity index (χ1v) is 14.6. The molecule has 0 spiro atoms. The average molecular weight is 573 g/mol. The molecule has 0 aliphatic heterocycles. The molecule has 0 saturated carbocycles. The predicted octanol–water partition coefficient (Wildman–Crippen LogP) is 6.52. The van der Waals surface area contributed by atoms with Crippen LogP contribution in [-0.2, 0) is 22.4 Å². The lowest BCUT2D eigenvalue weighted by molar-refractivity contribution is -0.115. The van der Waals surface area contributed by atoms with Gasteiger partial charge in [0.1, 0.15) is 10.7 Å². The maximum atomic E-state index is 13.0. The molecule has 11 heteroatoms. The van der Waals surface area contributed by atoms with Gasteiger partial charge in [0.15, 0.2) is 17.2 Å². The van der Waals surface area contributed by atoms with Crippen LogP contribution in [0.2, 0.25) is 0 Å². The Bertz CT molecular complexity index is 1660. The first-order valence-electron chi connectivity index (χ1n) is 12.8. The van der Waals surface area contributed by atoms with E-state index in [0.717, 1.165) is 28.8 Å². The van der Waals surface area contributed by atoms with Crippen LogP contribution in [0.5, 0.6) is 0 Å². The van der Waals surface area contributed by atoms with E-state index >= 15 is 0 Å². The summed E-state index contributed by atoms with van der Waals surface area (Å²) in [5, 5.41) is 12.4. The van der Waals surface area contributed by atoms with Crippen molar-refractivity contribution in [2.45, 2.75) is 31.3 Å². The van der Waals surface area contributed by atoms with Gasteiger partial charge in [0.2, 0.25) is 11.1 Å². The standard InChI is InChI=1S/C29H24N4O5S2/c1-2-36-28(35)23-19-12-11-17-7-3-4-8-18(17)26(19)40-27(23)30-22(34)13-16-39-29-31-24(20-9-5-14-37-20)25(32-33-29)21-10-6-15-38-21/h3-10,14-15H,2,11-13,16H2,1H3,(H,30,34). The van der Waals surface area contributed by atoms with E-state index in [0.29, 0.717) is 44.4 Å². The molecule has 6 rings (SSSR count). The zero-order chi connectivity index (χ0) is 27.5. The molecule has 0 bridgehead atoms. The van der Waals surface area contributed by atoms with Crippen molar-refractivity contribution in [2.24, 2.45) is 0 Å². The molecular weight excluding hydrogens is 548 g/mol. The second-order valence-corrected chi connectivity index (χ2v) is 11.0. The summed E-state index contributed by atoms with van der Waals surface area (Å²) in [7, 11) is 0. The maximum Gasteiger partial charge on any atom is 0.341 e. The van der Waals surface area contributed by atoms with Crippen molar-refractivity contribution >= 4 is 40.0 Å². The minimum absolute atomic E-state index is 0.186. The molecule has 4 aromatic heterocycles. The number of carbonyl (C=O) groups excluding carboxylic acids is 2. The number of hydrogen-bond acceptors (Lipinski definition) is 10. The Morgan fingerprint density at radius 1 is 1.00 bits per heavy atom. The Hall–Kier alpha value is -4.22. The number of aryl methyl sites for hydroxylation is 1. The number of amides is 1. The molecule has 4 heterocycles. The summed E-state index contributed by atoms with van der Waals surface area (Å²) in [6.45, 7) is 2.04. The van der Waals surface area contributed by atoms with Crippen LogP contribution in [0.4, 0.5) is 5.00 Å². The highest BCUT2D eigenvalue weighted by Gasteiger charge is 2.29. The molecule has 1 aliphatic carbocycles. The zero-order valence-corrected chi connectivity index (χ0v) is 23.1. The number of thioether (sulfide) groups is 1. The largest absolute Gasteiger partial charge is 0.463 e. The highest BCUT2D eigenvalue weighted by molar-refractivity contribution is 7.99. The van der Waals surface area contributed by atoms with Crippen LogP contribution in [0, 0.1) is 0 Å². The molecule has 40 heavy (non-hydrogen) atoms. The first-order chi connectivity index (χ1) is 19.6. The molecule has 0 atom stereocenters. The number of esters is 1. The van der Waals surface area contributed by atoms with Gasteiger partial charge in [0, 0.05) is 17.1 Å². The maximum absolute atomic E-state index is 13.0. The molecule has 1 N–H and O–H groups in total. The molecule has 0 unspecified atom stereocenters. The lowest BCUT2D eigenvalue weighted by Crippen LogP contribution is -2.16. The molecule has 0 fully saturated rings. The van der Waals surface area contributed by atoms with E-state index in [4.69, 9.17) is 13.6 Å². The van der Waals surface area contributed by atoms with Crippen LogP contribution in [0.3, 0.4) is 0 Å². The molecular formula is C29H24N4O5S2. The highest BCUT2D eigenvalue weighted by Crippen LogP contribution is 2.45. The van der Waals surface area contributed by atoms with E-state index in [1.165, 1.54) is 28.7 Å². The van der Waals surface area contributed by atoms with Gasteiger partial charge in [-0.25, -0.2) is 9.78 Å². The molecule has 1 aliphatic rings. The number of fused-ring (bicyclic) bond motifs is 3. The first kappa shape index (κ1) is 26.0. The minimum atomic E-state index is -0.411. The van der Waals surface area contributed by atoms with Crippen molar-refractivity contribution in [3.05, 3.63) is 77.7 Å². The van der Waals surface area contributed by atoms with Crippen molar-refractivity contribution in [1.82, 2.24) is 15.2 Å². The van der Waals surface area contributed by atoms with E-state index < -0.39 is 5.97 Å². The lowest BCUT2D eigenvalue weighted by atomic mass is 9.89. The smallest absolute Gasteiger partial charge is 0.341 e. The number of anilines is 1. The second kappa shape index (κ2) is 11.5. The number of furan rings is 2. The second-order valence-electron chi connectivity index (χ2n) is 8.88. The van der Waals surface area contributed by atoms with Gasteiger partial charge in [0.05, 0.1) is 24.7 Å². The number of nitrogens with one attached hydrogen (secondary N) is 1. The summed E-state index contributed by atoms with van der Waals surface area (Å²) in [5.41, 5.74) is 4.71. The van der Waals surface area contributed by atoms with E-state index in [2.05, 4.69) is 32.6 Å². The molecule has 1 amide bonds. The summed E-state index contributed by atoms with van der Waals surface area (Å²) in [6.07, 6.45) is 4.86. The molecule has 9 nitrogen and oxygen atoms in total. The van der Waals surface area contributed by atoms with Crippen LogP contribution >= 0.6 is 23.1 Å². The van der Waals surface area contributed by atoms with Crippen LogP contribution in [0.15, 0.2) is 75.0 Å².